The highest BCUT2D eigenvalue weighted by molar-refractivity contribution is 5.91. The standard InChI is InChI=1S/C28H32N2O5/c1-6-33-25(31)28(16-7-17-28)22-14-12-20(13-15-22)19-8-10-21(11-9-19)24-23(18(2)30-35-24)29-26(32)34-27(3,4)5/h8-15H,6-7,16-17H2,1-5H3,(H,29,32). The second kappa shape index (κ2) is 9.56. The number of benzene rings is 2. The summed E-state index contributed by atoms with van der Waals surface area (Å²) in [5, 5.41) is 6.77. The van der Waals surface area contributed by atoms with Crippen LogP contribution in [0.15, 0.2) is 53.1 Å². The van der Waals surface area contributed by atoms with Crippen LogP contribution in [0, 0.1) is 6.92 Å². The molecule has 1 heterocycles. The van der Waals surface area contributed by atoms with Gasteiger partial charge in [0.2, 0.25) is 0 Å². The summed E-state index contributed by atoms with van der Waals surface area (Å²) >= 11 is 0. The van der Waals surface area contributed by atoms with Gasteiger partial charge in [-0.25, -0.2) is 4.79 Å². The van der Waals surface area contributed by atoms with Crippen LogP contribution in [-0.4, -0.2) is 29.4 Å². The molecule has 0 atom stereocenters. The summed E-state index contributed by atoms with van der Waals surface area (Å²) in [5.41, 5.74) is 3.81. The molecule has 1 amide bonds. The molecule has 35 heavy (non-hydrogen) atoms. The predicted molar refractivity (Wildman–Crippen MR) is 134 cm³/mol. The maximum absolute atomic E-state index is 12.6. The first-order chi connectivity index (χ1) is 16.6. The molecule has 1 fully saturated rings. The Kier molecular flexibility index (Phi) is 6.70. The fourth-order valence-corrected chi connectivity index (χ4v) is 4.33. The number of nitrogens with one attached hydrogen (secondary N) is 1. The summed E-state index contributed by atoms with van der Waals surface area (Å²) in [6.45, 7) is 9.42. The van der Waals surface area contributed by atoms with Crippen LogP contribution >= 0.6 is 0 Å². The van der Waals surface area contributed by atoms with Gasteiger partial charge in [-0.1, -0.05) is 60.1 Å². The zero-order chi connectivity index (χ0) is 25.2. The SMILES string of the molecule is CCOC(=O)C1(c2ccc(-c3ccc(-c4onc(C)c4NC(=O)OC(C)(C)C)cc3)cc2)CCC1. The first-order valence-electron chi connectivity index (χ1n) is 12.0. The van der Waals surface area contributed by atoms with Gasteiger partial charge in [0, 0.05) is 5.56 Å². The number of anilines is 1. The molecule has 0 unspecified atom stereocenters. The lowest BCUT2D eigenvalue weighted by molar-refractivity contribution is -0.153. The third kappa shape index (κ3) is 5.09. The highest BCUT2D eigenvalue weighted by atomic mass is 16.6. The van der Waals surface area contributed by atoms with Gasteiger partial charge >= 0.3 is 12.1 Å². The Morgan fingerprint density at radius 1 is 1.00 bits per heavy atom. The molecule has 0 spiro atoms. The van der Waals surface area contributed by atoms with Crippen molar-refractivity contribution in [3.05, 3.63) is 59.8 Å². The zero-order valence-electron chi connectivity index (χ0n) is 20.9. The van der Waals surface area contributed by atoms with Crippen molar-refractivity contribution in [2.24, 2.45) is 0 Å². The zero-order valence-corrected chi connectivity index (χ0v) is 20.9. The Morgan fingerprint density at radius 2 is 1.57 bits per heavy atom. The molecule has 4 rings (SSSR count). The smallest absolute Gasteiger partial charge is 0.412 e. The Balaban J connectivity index is 1.52. The van der Waals surface area contributed by atoms with Gasteiger partial charge in [0.1, 0.15) is 17.0 Å². The van der Waals surface area contributed by atoms with Crippen molar-refractivity contribution in [2.75, 3.05) is 11.9 Å². The molecule has 2 aromatic carbocycles. The van der Waals surface area contributed by atoms with E-state index in [1.165, 1.54) is 0 Å². The van der Waals surface area contributed by atoms with Crippen molar-refractivity contribution in [3.63, 3.8) is 0 Å². The highest BCUT2D eigenvalue weighted by Crippen LogP contribution is 2.45. The molecular formula is C28H32N2O5. The van der Waals surface area contributed by atoms with E-state index in [4.69, 9.17) is 14.0 Å². The molecule has 1 aromatic heterocycles. The van der Waals surface area contributed by atoms with Gasteiger partial charge in [0.25, 0.3) is 0 Å². The van der Waals surface area contributed by atoms with Gasteiger partial charge in [0.05, 0.1) is 12.0 Å². The van der Waals surface area contributed by atoms with Gasteiger partial charge in [0.15, 0.2) is 5.76 Å². The van der Waals surface area contributed by atoms with Crippen molar-refractivity contribution in [3.8, 4) is 22.5 Å². The van der Waals surface area contributed by atoms with Crippen molar-refractivity contribution >= 4 is 17.7 Å². The molecule has 0 bridgehead atoms. The lowest BCUT2D eigenvalue weighted by Crippen LogP contribution is -2.43. The van der Waals surface area contributed by atoms with E-state index in [0.29, 0.717) is 23.7 Å². The number of aromatic nitrogens is 1. The molecule has 0 radical (unpaired) electrons. The lowest BCUT2D eigenvalue weighted by atomic mass is 9.64. The molecule has 1 saturated carbocycles. The average molecular weight is 477 g/mol. The van der Waals surface area contributed by atoms with Crippen LogP contribution < -0.4 is 5.32 Å². The van der Waals surface area contributed by atoms with E-state index in [1.807, 2.05) is 76.2 Å². The Hall–Kier alpha value is -3.61. The van der Waals surface area contributed by atoms with Crippen LogP contribution in [0.3, 0.4) is 0 Å². The molecule has 184 valence electrons. The quantitative estimate of drug-likeness (QED) is 0.401. The Bertz CT molecular complexity index is 1200. The molecule has 1 aliphatic rings. The van der Waals surface area contributed by atoms with Crippen LogP contribution in [-0.2, 0) is 19.7 Å². The van der Waals surface area contributed by atoms with Crippen molar-refractivity contribution in [1.29, 1.82) is 0 Å². The number of hydrogen-bond donors (Lipinski definition) is 1. The van der Waals surface area contributed by atoms with Crippen LogP contribution in [0.2, 0.25) is 0 Å². The number of rotatable bonds is 6. The summed E-state index contributed by atoms with van der Waals surface area (Å²) in [6.07, 6.45) is 2.13. The molecular weight excluding hydrogens is 444 g/mol. The third-order valence-electron chi connectivity index (χ3n) is 6.28. The van der Waals surface area contributed by atoms with Crippen LogP contribution in [0.25, 0.3) is 22.5 Å². The van der Waals surface area contributed by atoms with Crippen molar-refractivity contribution < 1.29 is 23.6 Å². The highest BCUT2D eigenvalue weighted by Gasteiger charge is 2.46. The van der Waals surface area contributed by atoms with E-state index in [9.17, 15) is 9.59 Å². The Morgan fingerprint density at radius 3 is 2.09 bits per heavy atom. The lowest BCUT2D eigenvalue weighted by Gasteiger charge is -2.39. The number of nitrogens with zero attached hydrogens (tertiary/aromatic N) is 1. The largest absolute Gasteiger partial charge is 0.465 e. The number of ether oxygens (including phenoxy) is 2. The maximum Gasteiger partial charge on any atom is 0.412 e. The van der Waals surface area contributed by atoms with E-state index in [2.05, 4.69) is 10.5 Å². The van der Waals surface area contributed by atoms with Gasteiger partial charge in [-0.3, -0.25) is 10.1 Å². The second-order valence-corrected chi connectivity index (χ2v) is 9.91. The van der Waals surface area contributed by atoms with E-state index in [-0.39, 0.29) is 5.97 Å². The molecule has 7 heteroatoms. The van der Waals surface area contributed by atoms with Crippen LogP contribution in [0.4, 0.5) is 10.5 Å². The molecule has 0 aliphatic heterocycles. The number of carbonyl (C=O) groups excluding carboxylic acids is 2. The summed E-state index contributed by atoms with van der Waals surface area (Å²) in [6, 6.07) is 16.0. The second-order valence-electron chi connectivity index (χ2n) is 9.91. The number of hydrogen-bond acceptors (Lipinski definition) is 6. The van der Waals surface area contributed by atoms with E-state index >= 15 is 0 Å². The molecule has 7 nitrogen and oxygen atoms in total. The fourth-order valence-electron chi connectivity index (χ4n) is 4.33. The third-order valence-corrected chi connectivity index (χ3v) is 6.28. The average Bonchev–Trinajstić information content (AvgIpc) is 3.12. The van der Waals surface area contributed by atoms with Gasteiger partial charge in [-0.2, -0.15) is 0 Å². The van der Waals surface area contributed by atoms with Gasteiger partial charge in [-0.15, -0.1) is 0 Å². The summed E-state index contributed by atoms with van der Waals surface area (Å²) in [7, 11) is 0. The first kappa shape index (κ1) is 24.5. The van der Waals surface area contributed by atoms with E-state index < -0.39 is 17.1 Å². The number of carbonyl (C=O) groups is 2. The van der Waals surface area contributed by atoms with Crippen molar-refractivity contribution in [1.82, 2.24) is 5.16 Å². The predicted octanol–water partition coefficient (Wildman–Crippen LogP) is 6.65. The van der Waals surface area contributed by atoms with E-state index in [1.54, 1.807) is 6.92 Å². The van der Waals surface area contributed by atoms with Gasteiger partial charge < -0.3 is 14.0 Å². The van der Waals surface area contributed by atoms with E-state index in [0.717, 1.165) is 41.5 Å². The monoisotopic (exact) mass is 476 g/mol. The topological polar surface area (TPSA) is 90.7 Å². The summed E-state index contributed by atoms with van der Waals surface area (Å²) in [5.74, 6) is 0.345. The maximum atomic E-state index is 12.6. The van der Waals surface area contributed by atoms with Gasteiger partial charge in [-0.05, 0) is 64.2 Å². The number of aryl methyl sites for hydroxylation is 1. The minimum absolute atomic E-state index is 0.124. The number of esters is 1. The fraction of sp³-hybridized carbons (Fsp3) is 0.393. The van der Waals surface area contributed by atoms with Crippen LogP contribution in [0.1, 0.15) is 58.2 Å². The van der Waals surface area contributed by atoms with Crippen molar-refractivity contribution in [2.45, 2.75) is 64.9 Å². The summed E-state index contributed by atoms with van der Waals surface area (Å²) in [4.78, 5) is 24.8. The first-order valence-corrected chi connectivity index (χ1v) is 12.0. The Labute approximate surface area is 205 Å². The molecule has 3 aromatic rings. The molecule has 1 N–H and O–H groups in total. The minimum Gasteiger partial charge on any atom is -0.465 e. The molecule has 1 aliphatic carbocycles. The van der Waals surface area contributed by atoms with Crippen LogP contribution in [0.5, 0.6) is 0 Å². The summed E-state index contributed by atoms with van der Waals surface area (Å²) < 4.78 is 16.2. The molecule has 0 saturated heterocycles. The minimum atomic E-state index is -0.610. The number of amides is 1. The normalized spacial score (nSPS) is 14.7.